The lowest BCUT2D eigenvalue weighted by atomic mass is 9.97. The average Bonchev–Trinajstić information content (AvgIpc) is 2.18. The van der Waals surface area contributed by atoms with Crippen molar-refractivity contribution >= 4 is 0 Å². The third kappa shape index (κ3) is 1.86. The second-order valence-electron chi connectivity index (χ2n) is 3.44. The first-order chi connectivity index (χ1) is 6.40. The van der Waals surface area contributed by atoms with E-state index in [9.17, 15) is 0 Å². The van der Waals surface area contributed by atoms with E-state index in [1.807, 2.05) is 6.20 Å². The van der Waals surface area contributed by atoms with Crippen molar-refractivity contribution in [3.05, 3.63) is 23.3 Å². The number of hydrogen-bond acceptors (Lipinski definition) is 3. The lowest BCUT2D eigenvalue weighted by molar-refractivity contribution is 0.296. The van der Waals surface area contributed by atoms with Crippen LogP contribution in [0.2, 0.25) is 0 Å². The van der Waals surface area contributed by atoms with Crippen LogP contribution in [0.4, 0.5) is 0 Å². The molecule has 0 saturated heterocycles. The molecule has 0 radical (unpaired) electrons. The SMILES string of the molecule is OCCc1ncc2c(n1)CCCC2. The summed E-state index contributed by atoms with van der Waals surface area (Å²) in [5.74, 6) is 0.781. The zero-order valence-corrected chi connectivity index (χ0v) is 7.66. The number of nitrogens with zero attached hydrogens (tertiary/aromatic N) is 2. The van der Waals surface area contributed by atoms with Gasteiger partial charge < -0.3 is 5.11 Å². The van der Waals surface area contributed by atoms with Gasteiger partial charge in [0.05, 0.1) is 6.61 Å². The second kappa shape index (κ2) is 3.83. The van der Waals surface area contributed by atoms with Crippen LogP contribution in [-0.4, -0.2) is 21.7 Å². The molecule has 3 nitrogen and oxygen atoms in total. The highest BCUT2D eigenvalue weighted by Crippen LogP contribution is 2.18. The van der Waals surface area contributed by atoms with Crippen molar-refractivity contribution < 1.29 is 5.11 Å². The Morgan fingerprint density at radius 2 is 2.15 bits per heavy atom. The van der Waals surface area contributed by atoms with E-state index in [0.29, 0.717) is 6.42 Å². The maximum atomic E-state index is 8.74. The van der Waals surface area contributed by atoms with Crippen LogP contribution in [0.1, 0.15) is 29.9 Å². The molecule has 1 N–H and O–H groups in total. The van der Waals surface area contributed by atoms with Crippen molar-refractivity contribution in [3.63, 3.8) is 0 Å². The van der Waals surface area contributed by atoms with E-state index < -0.39 is 0 Å². The molecule has 70 valence electrons. The van der Waals surface area contributed by atoms with Gasteiger partial charge >= 0.3 is 0 Å². The Labute approximate surface area is 77.8 Å². The molecule has 3 heteroatoms. The highest BCUT2D eigenvalue weighted by molar-refractivity contribution is 5.20. The van der Waals surface area contributed by atoms with Crippen LogP contribution in [0.3, 0.4) is 0 Å². The van der Waals surface area contributed by atoms with Crippen LogP contribution in [0, 0.1) is 0 Å². The highest BCUT2D eigenvalue weighted by Gasteiger charge is 2.11. The first-order valence-electron chi connectivity index (χ1n) is 4.84. The van der Waals surface area contributed by atoms with Crippen LogP contribution >= 0.6 is 0 Å². The predicted molar refractivity (Wildman–Crippen MR) is 49.5 cm³/mol. The average molecular weight is 178 g/mol. The minimum atomic E-state index is 0.138. The quantitative estimate of drug-likeness (QED) is 0.731. The summed E-state index contributed by atoms with van der Waals surface area (Å²) < 4.78 is 0. The highest BCUT2D eigenvalue weighted by atomic mass is 16.3. The molecule has 0 bridgehead atoms. The number of hydrogen-bond donors (Lipinski definition) is 1. The van der Waals surface area contributed by atoms with E-state index >= 15 is 0 Å². The molecule has 1 aliphatic rings. The molecule has 1 aromatic heterocycles. The minimum Gasteiger partial charge on any atom is -0.396 e. The van der Waals surface area contributed by atoms with Crippen LogP contribution in [0.25, 0.3) is 0 Å². The number of aliphatic hydroxyl groups is 1. The van der Waals surface area contributed by atoms with Crippen molar-refractivity contribution in [1.29, 1.82) is 0 Å². The van der Waals surface area contributed by atoms with E-state index in [0.717, 1.165) is 18.7 Å². The molecule has 1 aliphatic carbocycles. The molecule has 13 heavy (non-hydrogen) atoms. The predicted octanol–water partition coefficient (Wildman–Crippen LogP) is 0.890. The monoisotopic (exact) mass is 178 g/mol. The molecule has 1 aromatic rings. The Morgan fingerprint density at radius 3 is 3.00 bits per heavy atom. The summed E-state index contributed by atoms with van der Waals surface area (Å²) >= 11 is 0. The number of rotatable bonds is 2. The lowest BCUT2D eigenvalue weighted by Gasteiger charge is -2.14. The van der Waals surface area contributed by atoms with E-state index in [1.54, 1.807) is 0 Å². The second-order valence-corrected chi connectivity index (χ2v) is 3.44. The number of aromatic nitrogens is 2. The standard InChI is InChI=1S/C10H14N2O/c13-6-5-10-11-7-8-3-1-2-4-9(8)12-10/h7,13H,1-6H2. The third-order valence-electron chi connectivity index (χ3n) is 2.45. The maximum absolute atomic E-state index is 8.74. The van der Waals surface area contributed by atoms with E-state index in [2.05, 4.69) is 9.97 Å². The Kier molecular flexibility index (Phi) is 2.54. The Balaban J connectivity index is 2.24. The molecule has 0 fully saturated rings. The fraction of sp³-hybridized carbons (Fsp3) is 0.600. The molecule has 0 spiro atoms. The molecule has 1 heterocycles. The van der Waals surface area contributed by atoms with Crippen LogP contribution in [0.15, 0.2) is 6.20 Å². The van der Waals surface area contributed by atoms with Crippen molar-refractivity contribution in [2.45, 2.75) is 32.1 Å². The fourth-order valence-corrected chi connectivity index (χ4v) is 1.74. The topological polar surface area (TPSA) is 46.0 Å². The Hall–Kier alpha value is -0.960. The van der Waals surface area contributed by atoms with Crippen molar-refractivity contribution in [3.8, 4) is 0 Å². The third-order valence-corrected chi connectivity index (χ3v) is 2.45. The maximum Gasteiger partial charge on any atom is 0.130 e. The van der Waals surface area contributed by atoms with Gasteiger partial charge in [-0.3, -0.25) is 0 Å². The summed E-state index contributed by atoms with van der Waals surface area (Å²) in [5.41, 5.74) is 2.50. The van der Waals surface area contributed by atoms with E-state index in [-0.39, 0.29) is 6.61 Å². The molecule has 0 unspecified atom stereocenters. The zero-order chi connectivity index (χ0) is 9.10. The van der Waals surface area contributed by atoms with Gasteiger partial charge in [0.1, 0.15) is 5.82 Å². The van der Waals surface area contributed by atoms with Gasteiger partial charge in [0, 0.05) is 18.3 Å². The van der Waals surface area contributed by atoms with Gasteiger partial charge in [-0.2, -0.15) is 0 Å². The van der Waals surface area contributed by atoms with Gasteiger partial charge in [-0.15, -0.1) is 0 Å². The molecular weight excluding hydrogens is 164 g/mol. The first-order valence-corrected chi connectivity index (χ1v) is 4.84. The molecule has 0 saturated carbocycles. The summed E-state index contributed by atoms with van der Waals surface area (Å²) in [7, 11) is 0. The largest absolute Gasteiger partial charge is 0.396 e. The summed E-state index contributed by atoms with van der Waals surface area (Å²) in [5, 5.41) is 8.74. The van der Waals surface area contributed by atoms with Crippen LogP contribution in [0.5, 0.6) is 0 Å². The van der Waals surface area contributed by atoms with Gasteiger partial charge in [0.25, 0.3) is 0 Å². The molecule has 0 atom stereocenters. The van der Waals surface area contributed by atoms with Crippen molar-refractivity contribution in [1.82, 2.24) is 9.97 Å². The molecule has 0 aromatic carbocycles. The molecule has 0 amide bonds. The number of aliphatic hydroxyl groups excluding tert-OH is 1. The van der Waals surface area contributed by atoms with Crippen molar-refractivity contribution in [2.75, 3.05) is 6.61 Å². The fourth-order valence-electron chi connectivity index (χ4n) is 1.74. The van der Waals surface area contributed by atoms with Gasteiger partial charge in [-0.1, -0.05) is 0 Å². The summed E-state index contributed by atoms with van der Waals surface area (Å²) in [4.78, 5) is 8.64. The summed E-state index contributed by atoms with van der Waals surface area (Å²) in [6.07, 6.45) is 7.20. The van der Waals surface area contributed by atoms with Crippen molar-refractivity contribution in [2.24, 2.45) is 0 Å². The van der Waals surface area contributed by atoms with E-state index in [4.69, 9.17) is 5.11 Å². The Morgan fingerprint density at radius 1 is 1.31 bits per heavy atom. The van der Waals surface area contributed by atoms with Crippen LogP contribution in [-0.2, 0) is 19.3 Å². The first kappa shape index (κ1) is 8.63. The zero-order valence-electron chi connectivity index (χ0n) is 7.66. The lowest BCUT2D eigenvalue weighted by Crippen LogP contribution is -2.09. The molecular formula is C10H14N2O. The van der Waals surface area contributed by atoms with Gasteiger partial charge in [0.15, 0.2) is 0 Å². The number of fused-ring (bicyclic) bond motifs is 1. The molecule has 0 aliphatic heterocycles. The summed E-state index contributed by atoms with van der Waals surface area (Å²) in [6.45, 7) is 0.138. The smallest absolute Gasteiger partial charge is 0.130 e. The molecule has 2 rings (SSSR count). The minimum absolute atomic E-state index is 0.138. The number of aryl methyl sites for hydroxylation is 2. The van der Waals surface area contributed by atoms with E-state index in [1.165, 1.54) is 24.1 Å². The Bertz CT molecular complexity index is 299. The normalized spacial score (nSPS) is 15.5. The van der Waals surface area contributed by atoms with Crippen LogP contribution < -0.4 is 0 Å². The van der Waals surface area contributed by atoms with Gasteiger partial charge in [0.2, 0.25) is 0 Å². The van der Waals surface area contributed by atoms with Gasteiger partial charge in [-0.25, -0.2) is 9.97 Å². The summed E-state index contributed by atoms with van der Waals surface area (Å²) in [6, 6.07) is 0. The van der Waals surface area contributed by atoms with Gasteiger partial charge in [-0.05, 0) is 31.2 Å².